The summed E-state index contributed by atoms with van der Waals surface area (Å²) in [6, 6.07) is 5.89. The summed E-state index contributed by atoms with van der Waals surface area (Å²) in [5, 5.41) is 5.96. The molecule has 5 heteroatoms. The third-order valence-electron chi connectivity index (χ3n) is 3.07. The second-order valence-electron chi connectivity index (χ2n) is 4.91. The van der Waals surface area contributed by atoms with Crippen molar-refractivity contribution in [2.24, 2.45) is 0 Å². The Kier molecular flexibility index (Phi) is 7.61. The van der Waals surface area contributed by atoms with Crippen LogP contribution in [0.1, 0.15) is 32.8 Å². The molecule has 1 unspecified atom stereocenters. The number of benzene rings is 1. The molecule has 21 heavy (non-hydrogen) atoms. The Balaban J connectivity index is 2.66. The standard InChI is InChI=1S/C16H26N2O3/c1-5-12(3)18-16(19)11-21-14-8-7-13(10-17-4)9-15(14)20-6-2/h7-9,12,17H,5-6,10-11H2,1-4H3,(H,18,19). The number of hydrogen-bond acceptors (Lipinski definition) is 4. The zero-order chi connectivity index (χ0) is 15.7. The van der Waals surface area contributed by atoms with Gasteiger partial charge in [0, 0.05) is 12.6 Å². The molecule has 0 radical (unpaired) electrons. The molecule has 1 aromatic rings. The highest BCUT2D eigenvalue weighted by atomic mass is 16.5. The lowest BCUT2D eigenvalue weighted by atomic mass is 10.2. The number of amides is 1. The zero-order valence-corrected chi connectivity index (χ0v) is 13.4. The number of carbonyl (C=O) groups excluding carboxylic acids is 1. The van der Waals surface area contributed by atoms with Crippen molar-refractivity contribution in [3.63, 3.8) is 0 Å². The fourth-order valence-corrected chi connectivity index (χ4v) is 1.82. The molecule has 0 aliphatic heterocycles. The first-order valence-corrected chi connectivity index (χ1v) is 7.43. The summed E-state index contributed by atoms with van der Waals surface area (Å²) in [7, 11) is 1.89. The second kappa shape index (κ2) is 9.23. The number of carbonyl (C=O) groups is 1. The van der Waals surface area contributed by atoms with Gasteiger partial charge in [-0.1, -0.05) is 13.0 Å². The third kappa shape index (κ3) is 6.04. The molecule has 0 heterocycles. The molecule has 0 aromatic heterocycles. The normalized spacial score (nSPS) is 11.8. The van der Waals surface area contributed by atoms with Gasteiger partial charge < -0.3 is 20.1 Å². The van der Waals surface area contributed by atoms with Crippen molar-refractivity contribution in [3.05, 3.63) is 23.8 Å². The van der Waals surface area contributed by atoms with E-state index in [2.05, 4.69) is 10.6 Å². The Morgan fingerprint density at radius 3 is 2.62 bits per heavy atom. The predicted molar refractivity (Wildman–Crippen MR) is 83.8 cm³/mol. The molecule has 0 aliphatic rings. The quantitative estimate of drug-likeness (QED) is 0.732. The zero-order valence-electron chi connectivity index (χ0n) is 13.4. The summed E-state index contributed by atoms with van der Waals surface area (Å²) in [6.07, 6.45) is 0.897. The Morgan fingerprint density at radius 1 is 1.24 bits per heavy atom. The van der Waals surface area contributed by atoms with Gasteiger partial charge in [-0.25, -0.2) is 0 Å². The maximum atomic E-state index is 11.7. The molecule has 1 rings (SSSR count). The van der Waals surface area contributed by atoms with E-state index in [0.717, 1.165) is 18.5 Å². The van der Waals surface area contributed by atoms with Crippen LogP contribution in [-0.4, -0.2) is 32.2 Å². The molecule has 1 amide bonds. The van der Waals surface area contributed by atoms with Gasteiger partial charge in [0.2, 0.25) is 0 Å². The average Bonchev–Trinajstić information content (AvgIpc) is 2.47. The minimum Gasteiger partial charge on any atom is -0.490 e. The van der Waals surface area contributed by atoms with E-state index in [9.17, 15) is 4.79 Å². The number of nitrogens with one attached hydrogen (secondary N) is 2. The van der Waals surface area contributed by atoms with Crippen molar-refractivity contribution < 1.29 is 14.3 Å². The summed E-state index contributed by atoms with van der Waals surface area (Å²) in [5.74, 6) is 1.14. The predicted octanol–water partition coefficient (Wildman–Crippen LogP) is 2.10. The number of ether oxygens (including phenoxy) is 2. The summed E-state index contributed by atoms with van der Waals surface area (Å²) in [5.41, 5.74) is 1.11. The largest absolute Gasteiger partial charge is 0.490 e. The molecule has 0 bridgehead atoms. The Hall–Kier alpha value is -1.75. The minimum absolute atomic E-state index is 0.00418. The lowest BCUT2D eigenvalue weighted by Gasteiger charge is -2.15. The molecule has 1 atom stereocenters. The van der Waals surface area contributed by atoms with Gasteiger partial charge in [-0.2, -0.15) is 0 Å². The summed E-state index contributed by atoms with van der Waals surface area (Å²) < 4.78 is 11.1. The van der Waals surface area contributed by atoms with E-state index in [1.165, 1.54) is 0 Å². The molecule has 118 valence electrons. The van der Waals surface area contributed by atoms with Gasteiger partial charge in [0.25, 0.3) is 5.91 Å². The van der Waals surface area contributed by atoms with Crippen LogP contribution in [-0.2, 0) is 11.3 Å². The van der Waals surface area contributed by atoms with Crippen LogP contribution in [0.5, 0.6) is 11.5 Å². The van der Waals surface area contributed by atoms with E-state index < -0.39 is 0 Å². The summed E-state index contributed by atoms with van der Waals surface area (Å²) in [4.78, 5) is 11.7. The molecule has 0 saturated heterocycles. The van der Waals surface area contributed by atoms with Gasteiger partial charge in [0.15, 0.2) is 18.1 Å². The van der Waals surface area contributed by atoms with Gasteiger partial charge in [-0.15, -0.1) is 0 Å². The first kappa shape index (κ1) is 17.3. The van der Waals surface area contributed by atoms with E-state index in [4.69, 9.17) is 9.47 Å². The molecule has 0 spiro atoms. The molecular formula is C16H26N2O3. The molecule has 5 nitrogen and oxygen atoms in total. The van der Waals surface area contributed by atoms with Crippen LogP contribution in [0.2, 0.25) is 0 Å². The number of rotatable bonds is 9. The summed E-state index contributed by atoms with van der Waals surface area (Å²) in [6.45, 7) is 7.22. The molecule has 1 aromatic carbocycles. The van der Waals surface area contributed by atoms with Crippen LogP contribution in [0.15, 0.2) is 18.2 Å². The fourth-order valence-electron chi connectivity index (χ4n) is 1.82. The minimum atomic E-state index is -0.119. The lowest BCUT2D eigenvalue weighted by molar-refractivity contribution is -0.123. The van der Waals surface area contributed by atoms with Crippen LogP contribution in [0, 0.1) is 0 Å². The van der Waals surface area contributed by atoms with Crippen molar-refractivity contribution in [3.8, 4) is 11.5 Å². The Labute approximate surface area is 127 Å². The van der Waals surface area contributed by atoms with Crippen LogP contribution < -0.4 is 20.1 Å². The molecular weight excluding hydrogens is 268 g/mol. The highest BCUT2D eigenvalue weighted by Crippen LogP contribution is 2.28. The van der Waals surface area contributed by atoms with Crippen molar-refractivity contribution in [1.82, 2.24) is 10.6 Å². The molecule has 0 fully saturated rings. The van der Waals surface area contributed by atoms with Gasteiger partial charge in [-0.3, -0.25) is 4.79 Å². The number of hydrogen-bond donors (Lipinski definition) is 2. The Bertz CT molecular complexity index is 449. The highest BCUT2D eigenvalue weighted by Gasteiger charge is 2.10. The van der Waals surface area contributed by atoms with Gasteiger partial charge >= 0.3 is 0 Å². The van der Waals surface area contributed by atoms with Crippen molar-refractivity contribution >= 4 is 5.91 Å². The average molecular weight is 294 g/mol. The van der Waals surface area contributed by atoms with E-state index in [1.807, 2.05) is 46.0 Å². The topological polar surface area (TPSA) is 59.6 Å². The Morgan fingerprint density at radius 2 is 2.00 bits per heavy atom. The van der Waals surface area contributed by atoms with Crippen LogP contribution in [0.3, 0.4) is 0 Å². The fraction of sp³-hybridized carbons (Fsp3) is 0.562. The maximum absolute atomic E-state index is 11.7. The van der Waals surface area contributed by atoms with Crippen molar-refractivity contribution in [2.75, 3.05) is 20.3 Å². The maximum Gasteiger partial charge on any atom is 0.258 e. The van der Waals surface area contributed by atoms with Crippen LogP contribution in [0.4, 0.5) is 0 Å². The highest BCUT2D eigenvalue weighted by molar-refractivity contribution is 5.77. The van der Waals surface area contributed by atoms with Crippen molar-refractivity contribution in [1.29, 1.82) is 0 Å². The van der Waals surface area contributed by atoms with Crippen molar-refractivity contribution in [2.45, 2.75) is 39.8 Å². The first-order chi connectivity index (χ1) is 10.1. The first-order valence-electron chi connectivity index (χ1n) is 7.43. The van der Waals surface area contributed by atoms with E-state index in [-0.39, 0.29) is 18.6 Å². The molecule has 2 N–H and O–H groups in total. The van der Waals surface area contributed by atoms with Crippen LogP contribution >= 0.6 is 0 Å². The second-order valence-corrected chi connectivity index (χ2v) is 4.91. The van der Waals surface area contributed by atoms with Gasteiger partial charge in [-0.05, 0) is 45.0 Å². The smallest absolute Gasteiger partial charge is 0.258 e. The van der Waals surface area contributed by atoms with E-state index in [0.29, 0.717) is 18.1 Å². The van der Waals surface area contributed by atoms with E-state index in [1.54, 1.807) is 0 Å². The summed E-state index contributed by atoms with van der Waals surface area (Å²) >= 11 is 0. The van der Waals surface area contributed by atoms with Gasteiger partial charge in [0.05, 0.1) is 6.61 Å². The third-order valence-corrected chi connectivity index (χ3v) is 3.07. The monoisotopic (exact) mass is 294 g/mol. The SMILES string of the molecule is CCOc1cc(CNC)ccc1OCC(=O)NC(C)CC. The van der Waals surface area contributed by atoms with E-state index >= 15 is 0 Å². The lowest BCUT2D eigenvalue weighted by Crippen LogP contribution is -2.35. The molecule has 0 aliphatic carbocycles. The molecule has 0 saturated carbocycles. The van der Waals surface area contributed by atoms with Crippen LogP contribution in [0.25, 0.3) is 0 Å². The van der Waals surface area contributed by atoms with Gasteiger partial charge in [0.1, 0.15) is 0 Å².